The van der Waals surface area contributed by atoms with Gasteiger partial charge in [0.1, 0.15) is 0 Å². The van der Waals surface area contributed by atoms with E-state index in [1.807, 2.05) is 42.5 Å². The molecule has 25 heavy (non-hydrogen) atoms. The minimum atomic E-state index is -0.117. The Morgan fingerprint density at radius 1 is 1.04 bits per heavy atom. The molecule has 0 bridgehead atoms. The number of anilines is 1. The molecule has 2 N–H and O–H groups in total. The maximum Gasteiger partial charge on any atom is 0.234 e. The van der Waals surface area contributed by atoms with Crippen LogP contribution < -0.4 is 10.6 Å². The molecule has 4 nitrogen and oxygen atoms in total. The molecular weight excluding hydrogens is 400 g/mol. The predicted molar refractivity (Wildman–Crippen MR) is 108 cm³/mol. The average molecular weight is 421 g/mol. The van der Waals surface area contributed by atoms with Crippen LogP contribution in [0.5, 0.6) is 0 Å². The number of hydrogen-bond donors (Lipinski definition) is 2. The Kier molecular flexibility index (Phi) is 8.01. The number of thioether (sulfide) groups is 1. The van der Waals surface area contributed by atoms with Gasteiger partial charge in [0.15, 0.2) is 0 Å². The van der Waals surface area contributed by atoms with E-state index < -0.39 is 0 Å². The first-order valence-corrected chi connectivity index (χ1v) is 9.94. The number of rotatable bonds is 8. The molecule has 0 spiro atoms. The second-order valence-electron chi connectivity index (χ2n) is 5.67. The summed E-state index contributed by atoms with van der Waals surface area (Å²) in [4.78, 5) is 23.8. The molecule has 2 amide bonds. The molecule has 1 atom stereocenters. The van der Waals surface area contributed by atoms with Crippen LogP contribution in [-0.2, 0) is 9.59 Å². The van der Waals surface area contributed by atoms with E-state index in [4.69, 9.17) is 0 Å². The molecule has 2 rings (SSSR count). The van der Waals surface area contributed by atoms with Crippen molar-refractivity contribution in [3.63, 3.8) is 0 Å². The molecule has 0 aliphatic carbocycles. The predicted octanol–water partition coefficient (Wildman–Crippen LogP) is 4.04. The van der Waals surface area contributed by atoms with Crippen LogP contribution in [0.3, 0.4) is 0 Å². The number of benzene rings is 2. The second-order valence-corrected chi connectivity index (χ2v) is 7.57. The monoisotopic (exact) mass is 420 g/mol. The topological polar surface area (TPSA) is 58.2 Å². The number of carbonyl (C=O) groups is 2. The van der Waals surface area contributed by atoms with Crippen LogP contribution in [0.25, 0.3) is 0 Å². The molecule has 0 aliphatic rings. The molecule has 0 fully saturated rings. The Labute approximate surface area is 160 Å². The number of carbonyl (C=O) groups excluding carboxylic acids is 2. The van der Waals surface area contributed by atoms with Gasteiger partial charge in [0.05, 0.1) is 11.5 Å². The molecule has 132 valence electrons. The lowest BCUT2D eigenvalue weighted by molar-refractivity contribution is -0.118. The third kappa shape index (κ3) is 7.32. The van der Waals surface area contributed by atoms with Crippen LogP contribution >= 0.6 is 27.7 Å². The zero-order chi connectivity index (χ0) is 18.1. The van der Waals surface area contributed by atoms with Gasteiger partial charge >= 0.3 is 0 Å². The number of nitrogens with one attached hydrogen (secondary N) is 2. The summed E-state index contributed by atoms with van der Waals surface area (Å²) >= 11 is 4.66. The van der Waals surface area contributed by atoms with E-state index >= 15 is 0 Å². The highest BCUT2D eigenvalue weighted by atomic mass is 79.9. The zero-order valence-electron chi connectivity index (χ0n) is 14.0. The van der Waals surface area contributed by atoms with Crippen molar-refractivity contribution in [3.8, 4) is 0 Å². The second kappa shape index (κ2) is 10.3. The van der Waals surface area contributed by atoms with Crippen molar-refractivity contribution in [2.24, 2.45) is 0 Å². The van der Waals surface area contributed by atoms with Crippen LogP contribution in [0.2, 0.25) is 0 Å². The lowest BCUT2D eigenvalue weighted by Crippen LogP contribution is -2.29. The lowest BCUT2D eigenvalue weighted by atomic mass is 10.0. The van der Waals surface area contributed by atoms with Crippen LogP contribution in [0.15, 0.2) is 59.1 Å². The van der Waals surface area contributed by atoms with Crippen molar-refractivity contribution in [2.45, 2.75) is 12.8 Å². The molecule has 2 aromatic rings. The van der Waals surface area contributed by atoms with Crippen molar-refractivity contribution < 1.29 is 9.59 Å². The summed E-state index contributed by atoms with van der Waals surface area (Å²) in [5, 5.41) is 5.72. The molecule has 0 aromatic heterocycles. The fraction of sp³-hybridized carbons (Fsp3) is 0.263. The van der Waals surface area contributed by atoms with Gasteiger partial charge in [-0.3, -0.25) is 9.59 Å². The first-order valence-electron chi connectivity index (χ1n) is 7.99. The Morgan fingerprint density at radius 3 is 2.48 bits per heavy atom. The van der Waals surface area contributed by atoms with Crippen molar-refractivity contribution >= 4 is 45.2 Å². The quantitative estimate of drug-likeness (QED) is 0.677. The highest BCUT2D eigenvalue weighted by Gasteiger charge is 2.09. The van der Waals surface area contributed by atoms with Gasteiger partial charge in [-0.25, -0.2) is 0 Å². The molecule has 0 saturated heterocycles. The summed E-state index contributed by atoms with van der Waals surface area (Å²) in [5.74, 6) is 0.605. The smallest absolute Gasteiger partial charge is 0.234 e. The summed E-state index contributed by atoms with van der Waals surface area (Å²) in [6, 6.07) is 17.5. The molecule has 0 saturated carbocycles. The first-order chi connectivity index (χ1) is 12.0. The minimum absolute atomic E-state index is 0.0527. The Hall–Kier alpha value is -1.79. The van der Waals surface area contributed by atoms with Gasteiger partial charge in [-0.15, -0.1) is 11.8 Å². The third-order valence-corrected chi connectivity index (χ3v) is 4.97. The molecule has 2 aromatic carbocycles. The highest BCUT2D eigenvalue weighted by Crippen LogP contribution is 2.16. The first kappa shape index (κ1) is 19.5. The van der Waals surface area contributed by atoms with Crippen molar-refractivity contribution in [1.82, 2.24) is 5.32 Å². The van der Waals surface area contributed by atoms with Crippen LogP contribution in [-0.4, -0.2) is 29.9 Å². The normalized spacial score (nSPS) is 11.6. The van der Waals surface area contributed by atoms with Gasteiger partial charge in [0.2, 0.25) is 11.8 Å². The molecule has 0 radical (unpaired) electrons. The van der Waals surface area contributed by atoms with E-state index in [1.54, 1.807) is 0 Å². The Morgan fingerprint density at radius 2 is 1.76 bits per heavy atom. The summed E-state index contributed by atoms with van der Waals surface area (Å²) < 4.78 is 0.907. The third-order valence-electron chi connectivity index (χ3n) is 3.55. The summed E-state index contributed by atoms with van der Waals surface area (Å²) in [6.07, 6.45) is 0. The maximum atomic E-state index is 11.9. The van der Waals surface area contributed by atoms with Gasteiger partial charge in [0, 0.05) is 16.7 Å². The van der Waals surface area contributed by atoms with Crippen molar-refractivity contribution in [3.05, 3.63) is 64.6 Å². The Balaban J connectivity index is 1.64. The van der Waals surface area contributed by atoms with Gasteiger partial charge in [0.25, 0.3) is 0 Å². The van der Waals surface area contributed by atoms with Gasteiger partial charge < -0.3 is 10.6 Å². The van der Waals surface area contributed by atoms with Crippen LogP contribution in [0, 0.1) is 0 Å². The zero-order valence-corrected chi connectivity index (χ0v) is 16.4. The van der Waals surface area contributed by atoms with E-state index in [0.29, 0.717) is 6.54 Å². The fourth-order valence-electron chi connectivity index (χ4n) is 2.22. The standard InChI is InChI=1S/C19H21BrN2O2S/c1-14(15-6-3-2-4-7-15)11-21-18(23)12-25-13-19(24)22-17-9-5-8-16(20)10-17/h2-10,14H,11-13H2,1H3,(H,21,23)(H,22,24). The fourth-order valence-corrected chi connectivity index (χ4v) is 3.26. The largest absolute Gasteiger partial charge is 0.355 e. The molecule has 0 heterocycles. The van der Waals surface area contributed by atoms with Crippen LogP contribution in [0.4, 0.5) is 5.69 Å². The molecule has 0 aliphatic heterocycles. The maximum absolute atomic E-state index is 11.9. The Bertz CT molecular complexity index is 710. The number of amides is 2. The van der Waals surface area contributed by atoms with E-state index in [9.17, 15) is 9.59 Å². The van der Waals surface area contributed by atoms with Crippen LogP contribution in [0.1, 0.15) is 18.4 Å². The van der Waals surface area contributed by atoms with Gasteiger partial charge in [-0.2, -0.15) is 0 Å². The van der Waals surface area contributed by atoms with Gasteiger partial charge in [-0.1, -0.05) is 59.3 Å². The lowest BCUT2D eigenvalue weighted by Gasteiger charge is -2.13. The highest BCUT2D eigenvalue weighted by molar-refractivity contribution is 9.10. The van der Waals surface area contributed by atoms with E-state index in [0.717, 1.165) is 10.2 Å². The average Bonchev–Trinajstić information content (AvgIpc) is 2.60. The number of halogens is 1. The van der Waals surface area contributed by atoms with E-state index in [2.05, 4.69) is 45.6 Å². The van der Waals surface area contributed by atoms with Gasteiger partial charge in [-0.05, 0) is 29.7 Å². The van der Waals surface area contributed by atoms with Crippen molar-refractivity contribution in [2.75, 3.05) is 23.4 Å². The summed E-state index contributed by atoms with van der Waals surface area (Å²) in [5.41, 5.74) is 1.94. The minimum Gasteiger partial charge on any atom is -0.355 e. The van der Waals surface area contributed by atoms with E-state index in [-0.39, 0.29) is 29.2 Å². The summed E-state index contributed by atoms with van der Waals surface area (Å²) in [6.45, 7) is 2.67. The van der Waals surface area contributed by atoms with Crippen molar-refractivity contribution in [1.29, 1.82) is 0 Å². The molecule has 6 heteroatoms. The molecular formula is C19H21BrN2O2S. The SMILES string of the molecule is CC(CNC(=O)CSCC(=O)Nc1cccc(Br)c1)c1ccccc1. The molecule has 1 unspecified atom stereocenters. The summed E-state index contributed by atoms with van der Waals surface area (Å²) in [7, 11) is 0. The number of hydrogen-bond acceptors (Lipinski definition) is 3. The van der Waals surface area contributed by atoms with E-state index in [1.165, 1.54) is 17.3 Å².